The molecule has 17 heavy (non-hydrogen) atoms. The van der Waals surface area contributed by atoms with E-state index in [1.807, 2.05) is 0 Å². The molecule has 1 aliphatic rings. The molecule has 1 heterocycles. The Kier molecular flexibility index (Phi) is 3.36. The summed E-state index contributed by atoms with van der Waals surface area (Å²) in [4.78, 5) is 0. The molecule has 0 aromatic heterocycles. The highest BCUT2D eigenvalue weighted by Gasteiger charge is 2.20. The van der Waals surface area contributed by atoms with Crippen LogP contribution in [0.2, 0.25) is 0 Å². The summed E-state index contributed by atoms with van der Waals surface area (Å²) >= 11 is 0. The first-order valence-corrected chi connectivity index (χ1v) is 5.47. The zero-order valence-corrected chi connectivity index (χ0v) is 9.43. The van der Waals surface area contributed by atoms with E-state index in [0.29, 0.717) is 11.5 Å². The number of nitriles is 1. The molecular formula is C12H13F2N3. The fourth-order valence-electron chi connectivity index (χ4n) is 1.88. The summed E-state index contributed by atoms with van der Waals surface area (Å²) in [6.07, 6.45) is -0.261. The Morgan fingerprint density at radius 1 is 1.24 bits per heavy atom. The first-order chi connectivity index (χ1) is 8.11. The second-order valence-electron chi connectivity index (χ2n) is 4.33. The third kappa shape index (κ3) is 2.43. The largest absolute Gasteiger partial charge is 0.298 e. The highest BCUT2D eigenvalue weighted by molar-refractivity contribution is 5.36. The van der Waals surface area contributed by atoms with Crippen LogP contribution in [0, 0.1) is 28.9 Å². The van der Waals surface area contributed by atoms with Crippen LogP contribution < -0.4 is 10.6 Å². The monoisotopic (exact) mass is 237 g/mol. The van der Waals surface area contributed by atoms with E-state index in [1.54, 1.807) is 0 Å². The van der Waals surface area contributed by atoms with Crippen molar-refractivity contribution < 1.29 is 8.78 Å². The summed E-state index contributed by atoms with van der Waals surface area (Å²) in [6, 6.07) is 3.90. The summed E-state index contributed by atoms with van der Waals surface area (Å²) < 4.78 is 26.8. The number of hydrogen-bond donors (Lipinski definition) is 2. The molecule has 1 aromatic rings. The lowest BCUT2D eigenvalue weighted by atomic mass is 10.0. The van der Waals surface area contributed by atoms with Crippen molar-refractivity contribution in [3.63, 3.8) is 0 Å². The molecule has 1 fully saturated rings. The molecule has 0 radical (unpaired) electrons. The van der Waals surface area contributed by atoms with Crippen LogP contribution in [0.25, 0.3) is 0 Å². The minimum absolute atomic E-state index is 0.261. The summed E-state index contributed by atoms with van der Waals surface area (Å²) in [6.45, 7) is 3.66. The second kappa shape index (κ2) is 4.78. The van der Waals surface area contributed by atoms with E-state index >= 15 is 0 Å². The zero-order chi connectivity index (χ0) is 12.4. The van der Waals surface area contributed by atoms with Gasteiger partial charge in [-0.1, -0.05) is 6.92 Å². The molecule has 1 aliphatic heterocycles. The Hall–Kier alpha value is -1.51. The summed E-state index contributed by atoms with van der Waals surface area (Å²) in [5.74, 6) is -1.14. The highest BCUT2D eigenvalue weighted by atomic mass is 19.1. The molecule has 1 aromatic carbocycles. The number of rotatable bonds is 1. The van der Waals surface area contributed by atoms with Gasteiger partial charge in [0.1, 0.15) is 23.3 Å². The van der Waals surface area contributed by atoms with Gasteiger partial charge in [-0.15, -0.1) is 0 Å². The lowest BCUT2D eigenvalue weighted by molar-refractivity contribution is 0.313. The third-order valence-corrected chi connectivity index (χ3v) is 2.85. The summed E-state index contributed by atoms with van der Waals surface area (Å²) in [7, 11) is 0. The van der Waals surface area contributed by atoms with E-state index in [9.17, 15) is 8.78 Å². The SMILES string of the molecule is CC1CNC(c2cc(F)c(C#N)c(F)c2)NC1. The van der Waals surface area contributed by atoms with Crippen LogP contribution in [0.3, 0.4) is 0 Å². The molecule has 1 saturated heterocycles. The van der Waals surface area contributed by atoms with Gasteiger partial charge >= 0.3 is 0 Å². The predicted octanol–water partition coefficient (Wildman–Crippen LogP) is 1.66. The van der Waals surface area contributed by atoms with Crippen molar-refractivity contribution in [2.24, 2.45) is 5.92 Å². The smallest absolute Gasteiger partial charge is 0.144 e. The number of nitrogens with one attached hydrogen (secondary N) is 2. The average Bonchev–Trinajstić information content (AvgIpc) is 2.29. The van der Waals surface area contributed by atoms with Crippen molar-refractivity contribution in [2.75, 3.05) is 13.1 Å². The van der Waals surface area contributed by atoms with Gasteiger partial charge in [0.05, 0.1) is 6.17 Å². The van der Waals surface area contributed by atoms with Gasteiger partial charge in [0.15, 0.2) is 0 Å². The van der Waals surface area contributed by atoms with Crippen molar-refractivity contribution in [1.82, 2.24) is 10.6 Å². The van der Waals surface area contributed by atoms with Crippen LogP contribution in [-0.2, 0) is 0 Å². The van der Waals surface area contributed by atoms with Crippen LogP contribution in [0.1, 0.15) is 24.2 Å². The van der Waals surface area contributed by atoms with Gasteiger partial charge in [-0.05, 0) is 23.6 Å². The minimum atomic E-state index is -0.815. The quantitative estimate of drug-likeness (QED) is 0.781. The molecule has 0 spiro atoms. The molecule has 0 unspecified atom stereocenters. The molecule has 0 saturated carbocycles. The van der Waals surface area contributed by atoms with Gasteiger partial charge in [-0.3, -0.25) is 10.6 Å². The topological polar surface area (TPSA) is 47.9 Å². The van der Waals surface area contributed by atoms with Crippen molar-refractivity contribution in [1.29, 1.82) is 5.26 Å². The average molecular weight is 237 g/mol. The van der Waals surface area contributed by atoms with Crippen LogP contribution in [0.4, 0.5) is 8.78 Å². The molecule has 2 rings (SSSR count). The maximum atomic E-state index is 13.4. The molecule has 5 heteroatoms. The van der Waals surface area contributed by atoms with E-state index < -0.39 is 17.2 Å². The lowest BCUT2D eigenvalue weighted by Gasteiger charge is -2.29. The van der Waals surface area contributed by atoms with E-state index in [1.165, 1.54) is 18.2 Å². The molecular weight excluding hydrogens is 224 g/mol. The Morgan fingerprint density at radius 3 is 2.24 bits per heavy atom. The Morgan fingerprint density at radius 2 is 1.76 bits per heavy atom. The Balaban J connectivity index is 2.26. The van der Waals surface area contributed by atoms with E-state index in [0.717, 1.165) is 13.1 Å². The molecule has 0 atom stereocenters. The van der Waals surface area contributed by atoms with Crippen molar-refractivity contribution in [3.05, 3.63) is 34.9 Å². The third-order valence-electron chi connectivity index (χ3n) is 2.85. The normalized spacial score (nSPS) is 24.4. The van der Waals surface area contributed by atoms with Crippen LogP contribution in [0.5, 0.6) is 0 Å². The molecule has 90 valence electrons. The van der Waals surface area contributed by atoms with Gasteiger partial charge in [-0.25, -0.2) is 8.78 Å². The fourth-order valence-corrected chi connectivity index (χ4v) is 1.88. The fraction of sp³-hybridized carbons (Fsp3) is 0.417. The van der Waals surface area contributed by atoms with Gasteiger partial charge in [0.25, 0.3) is 0 Å². The Bertz CT molecular complexity index is 436. The van der Waals surface area contributed by atoms with Crippen LogP contribution in [0.15, 0.2) is 12.1 Å². The molecule has 0 amide bonds. The molecule has 0 bridgehead atoms. The van der Waals surface area contributed by atoms with Crippen molar-refractivity contribution in [3.8, 4) is 6.07 Å². The number of halogens is 2. The number of hydrogen-bond acceptors (Lipinski definition) is 3. The van der Waals surface area contributed by atoms with Crippen LogP contribution >= 0.6 is 0 Å². The first kappa shape index (κ1) is 12.0. The second-order valence-corrected chi connectivity index (χ2v) is 4.33. The molecule has 0 aliphatic carbocycles. The molecule has 2 N–H and O–H groups in total. The van der Waals surface area contributed by atoms with Gasteiger partial charge in [-0.2, -0.15) is 5.26 Å². The zero-order valence-electron chi connectivity index (χ0n) is 9.43. The number of nitrogens with zero attached hydrogens (tertiary/aromatic N) is 1. The van der Waals surface area contributed by atoms with Gasteiger partial charge in [0, 0.05) is 13.1 Å². The van der Waals surface area contributed by atoms with Gasteiger partial charge in [0.2, 0.25) is 0 Å². The highest BCUT2D eigenvalue weighted by Crippen LogP contribution is 2.20. The first-order valence-electron chi connectivity index (χ1n) is 5.47. The van der Waals surface area contributed by atoms with Crippen molar-refractivity contribution >= 4 is 0 Å². The maximum Gasteiger partial charge on any atom is 0.144 e. The predicted molar refractivity (Wildman–Crippen MR) is 59.0 cm³/mol. The van der Waals surface area contributed by atoms with E-state index in [2.05, 4.69) is 17.6 Å². The maximum absolute atomic E-state index is 13.4. The van der Waals surface area contributed by atoms with Gasteiger partial charge < -0.3 is 0 Å². The van der Waals surface area contributed by atoms with Crippen molar-refractivity contribution in [2.45, 2.75) is 13.1 Å². The molecule has 3 nitrogen and oxygen atoms in total. The standard InChI is InChI=1S/C12H13F2N3/c1-7-5-16-12(17-6-7)8-2-10(13)9(4-15)11(14)3-8/h2-3,7,12,16-17H,5-6H2,1H3. The minimum Gasteiger partial charge on any atom is -0.298 e. The summed E-state index contributed by atoms with van der Waals surface area (Å²) in [5, 5.41) is 14.9. The lowest BCUT2D eigenvalue weighted by Crippen LogP contribution is -2.45. The number of benzene rings is 1. The van der Waals surface area contributed by atoms with E-state index in [4.69, 9.17) is 5.26 Å². The van der Waals surface area contributed by atoms with E-state index in [-0.39, 0.29) is 6.17 Å². The van der Waals surface area contributed by atoms with Crippen LogP contribution in [-0.4, -0.2) is 13.1 Å². The summed E-state index contributed by atoms with van der Waals surface area (Å²) in [5.41, 5.74) is -0.0520. The Labute approximate surface area is 98.4 Å².